The summed E-state index contributed by atoms with van der Waals surface area (Å²) in [7, 11) is 1.42. The molecule has 0 aliphatic carbocycles. The lowest BCUT2D eigenvalue weighted by atomic mass is 10.2. The molecular formula is C28H32FN3O7S. The average Bonchev–Trinajstić information content (AvgIpc) is 2.99. The third-order valence-corrected chi connectivity index (χ3v) is 8.46. The lowest BCUT2D eigenvalue weighted by Crippen LogP contribution is -2.52. The van der Waals surface area contributed by atoms with Crippen molar-refractivity contribution in [3.05, 3.63) is 66.5 Å². The summed E-state index contributed by atoms with van der Waals surface area (Å²) in [5.41, 5.74) is 0.600. The number of sulfonamides is 1. The largest absolute Gasteiger partial charge is 0.497 e. The summed E-state index contributed by atoms with van der Waals surface area (Å²) in [4.78, 5) is 16.9. The number of methoxy groups -OCH3 is 4. The summed E-state index contributed by atoms with van der Waals surface area (Å²) in [6.45, 7) is 0.897. The van der Waals surface area contributed by atoms with E-state index < -0.39 is 22.5 Å². The number of carbonyl (C=O) groups excluding carboxylic acids is 1. The van der Waals surface area contributed by atoms with Crippen LogP contribution < -0.4 is 28.2 Å². The maximum absolute atomic E-state index is 14.3. The first-order valence-electron chi connectivity index (χ1n) is 12.5. The Labute approximate surface area is 233 Å². The van der Waals surface area contributed by atoms with Crippen molar-refractivity contribution < 1.29 is 36.6 Å². The van der Waals surface area contributed by atoms with Crippen LogP contribution in [0.15, 0.2) is 65.6 Å². The predicted octanol–water partition coefficient (Wildman–Crippen LogP) is 3.40. The molecule has 1 aliphatic rings. The van der Waals surface area contributed by atoms with Crippen LogP contribution in [0.2, 0.25) is 0 Å². The van der Waals surface area contributed by atoms with Crippen LogP contribution in [-0.2, 0) is 14.8 Å². The number of nitrogens with zero attached hydrogens (tertiary/aromatic N) is 3. The second-order valence-corrected chi connectivity index (χ2v) is 10.7. The van der Waals surface area contributed by atoms with E-state index in [0.717, 1.165) is 4.31 Å². The number of rotatable bonds is 10. The highest BCUT2D eigenvalue weighted by Crippen LogP contribution is 2.37. The maximum Gasteiger partial charge on any atom is 0.265 e. The molecule has 10 nitrogen and oxygen atoms in total. The zero-order valence-electron chi connectivity index (χ0n) is 22.8. The van der Waals surface area contributed by atoms with E-state index in [1.165, 1.54) is 58.8 Å². The van der Waals surface area contributed by atoms with Crippen LogP contribution >= 0.6 is 0 Å². The van der Waals surface area contributed by atoms with Crippen LogP contribution in [0.1, 0.15) is 0 Å². The van der Waals surface area contributed by atoms with Crippen molar-refractivity contribution in [3.63, 3.8) is 0 Å². The second-order valence-electron chi connectivity index (χ2n) is 8.89. The topological polar surface area (TPSA) is 97.9 Å². The lowest BCUT2D eigenvalue weighted by molar-refractivity contribution is -0.129. The van der Waals surface area contributed by atoms with E-state index in [2.05, 4.69) is 0 Å². The minimum Gasteiger partial charge on any atom is -0.497 e. The van der Waals surface area contributed by atoms with Gasteiger partial charge >= 0.3 is 0 Å². The van der Waals surface area contributed by atoms with Gasteiger partial charge in [-0.05, 0) is 36.4 Å². The SMILES string of the molecule is COc1ccc(OC)c(N(CC(=O)N2CCN(c3ccccc3F)CC2)S(=O)(=O)c2ccc(OC)c(OC)c2)c1. The summed E-state index contributed by atoms with van der Waals surface area (Å²) >= 11 is 0. The molecule has 1 saturated heterocycles. The zero-order valence-corrected chi connectivity index (χ0v) is 23.6. The predicted molar refractivity (Wildman–Crippen MR) is 149 cm³/mol. The van der Waals surface area contributed by atoms with E-state index in [1.807, 2.05) is 4.90 Å². The molecule has 40 heavy (non-hydrogen) atoms. The Kier molecular flexibility index (Phi) is 8.88. The van der Waals surface area contributed by atoms with Crippen LogP contribution in [0, 0.1) is 5.82 Å². The average molecular weight is 574 g/mol. The van der Waals surface area contributed by atoms with Crippen molar-refractivity contribution in [2.24, 2.45) is 0 Å². The first-order chi connectivity index (χ1) is 19.2. The van der Waals surface area contributed by atoms with E-state index >= 15 is 0 Å². The molecule has 1 fully saturated rings. The molecule has 3 aromatic rings. The van der Waals surface area contributed by atoms with Crippen molar-refractivity contribution in [1.29, 1.82) is 0 Å². The number of halogens is 1. The van der Waals surface area contributed by atoms with Gasteiger partial charge in [-0.1, -0.05) is 12.1 Å². The molecule has 12 heteroatoms. The fraction of sp³-hybridized carbons (Fsp3) is 0.321. The van der Waals surface area contributed by atoms with Crippen molar-refractivity contribution >= 4 is 27.3 Å². The number of hydrogen-bond donors (Lipinski definition) is 0. The van der Waals surface area contributed by atoms with Crippen LogP contribution in [-0.4, -0.2) is 80.4 Å². The van der Waals surface area contributed by atoms with Crippen LogP contribution in [0.5, 0.6) is 23.0 Å². The van der Waals surface area contributed by atoms with E-state index in [-0.39, 0.29) is 27.9 Å². The molecule has 1 heterocycles. The molecule has 214 valence electrons. The van der Waals surface area contributed by atoms with E-state index in [4.69, 9.17) is 18.9 Å². The first kappa shape index (κ1) is 28.8. The fourth-order valence-electron chi connectivity index (χ4n) is 4.52. The highest BCUT2D eigenvalue weighted by molar-refractivity contribution is 7.92. The maximum atomic E-state index is 14.3. The summed E-state index contributed by atoms with van der Waals surface area (Å²) < 4.78 is 64.8. The summed E-state index contributed by atoms with van der Waals surface area (Å²) in [5.74, 6) is 0.450. The van der Waals surface area contributed by atoms with E-state index in [9.17, 15) is 17.6 Å². The Hall–Kier alpha value is -4.19. The van der Waals surface area contributed by atoms with Crippen molar-refractivity contribution in [2.45, 2.75) is 4.90 Å². The number of anilines is 2. The highest BCUT2D eigenvalue weighted by Gasteiger charge is 2.33. The van der Waals surface area contributed by atoms with Crippen LogP contribution in [0.25, 0.3) is 0 Å². The number of amides is 1. The monoisotopic (exact) mass is 573 g/mol. The Morgan fingerprint density at radius 1 is 0.825 bits per heavy atom. The normalized spacial score (nSPS) is 13.5. The Bertz CT molecular complexity index is 1460. The van der Waals surface area contributed by atoms with Gasteiger partial charge in [0, 0.05) is 38.3 Å². The number of carbonyl (C=O) groups is 1. The molecule has 0 spiro atoms. The standard InChI is InChI=1S/C28H32FN3O7S/c1-36-20-9-11-25(37-2)24(17-20)32(40(34,35)21-10-12-26(38-3)27(18-21)39-4)19-28(33)31-15-13-30(14-16-31)23-8-6-5-7-22(23)29/h5-12,17-18H,13-16,19H2,1-4H3. The zero-order chi connectivity index (χ0) is 28.9. The van der Waals surface area contributed by atoms with Crippen molar-refractivity contribution in [2.75, 3.05) is 70.4 Å². The van der Waals surface area contributed by atoms with Gasteiger partial charge in [0.05, 0.1) is 44.7 Å². The fourth-order valence-corrected chi connectivity index (χ4v) is 5.96. The Morgan fingerprint density at radius 2 is 1.48 bits per heavy atom. The molecule has 0 radical (unpaired) electrons. The number of ether oxygens (including phenoxy) is 4. The second kappa shape index (κ2) is 12.3. The van der Waals surface area contributed by atoms with E-state index in [0.29, 0.717) is 43.4 Å². The van der Waals surface area contributed by atoms with Gasteiger partial charge in [0.1, 0.15) is 23.9 Å². The quantitative estimate of drug-likeness (QED) is 0.364. The molecule has 0 atom stereocenters. The van der Waals surface area contributed by atoms with Crippen LogP contribution in [0.3, 0.4) is 0 Å². The number of benzene rings is 3. The summed E-state index contributed by atoms with van der Waals surface area (Å²) in [6.07, 6.45) is 0. The molecule has 4 rings (SSSR count). The molecule has 0 saturated carbocycles. The van der Waals surface area contributed by atoms with Gasteiger partial charge in [-0.2, -0.15) is 0 Å². The number of hydrogen-bond acceptors (Lipinski definition) is 8. The van der Waals surface area contributed by atoms with Crippen LogP contribution in [0.4, 0.5) is 15.8 Å². The molecule has 0 bridgehead atoms. The van der Waals surface area contributed by atoms with E-state index in [1.54, 1.807) is 35.2 Å². The van der Waals surface area contributed by atoms with Gasteiger partial charge in [-0.25, -0.2) is 12.8 Å². The third-order valence-electron chi connectivity index (χ3n) is 6.70. The Balaban J connectivity index is 1.66. The van der Waals surface area contributed by atoms with Gasteiger partial charge in [0.25, 0.3) is 10.0 Å². The van der Waals surface area contributed by atoms with Gasteiger partial charge in [0.2, 0.25) is 5.91 Å². The summed E-state index contributed by atoms with van der Waals surface area (Å²) in [6, 6.07) is 15.4. The van der Waals surface area contributed by atoms with Crippen molar-refractivity contribution in [3.8, 4) is 23.0 Å². The molecule has 1 aliphatic heterocycles. The molecule has 0 unspecified atom stereocenters. The number of para-hydroxylation sites is 1. The van der Waals surface area contributed by atoms with Gasteiger partial charge in [-0.3, -0.25) is 9.10 Å². The van der Waals surface area contributed by atoms with Gasteiger partial charge < -0.3 is 28.7 Å². The number of piperazine rings is 1. The molecule has 0 N–H and O–H groups in total. The van der Waals surface area contributed by atoms with Gasteiger partial charge in [-0.15, -0.1) is 0 Å². The molecule has 3 aromatic carbocycles. The molecule has 1 amide bonds. The summed E-state index contributed by atoms with van der Waals surface area (Å²) in [5, 5.41) is 0. The van der Waals surface area contributed by atoms with Gasteiger partial charge in [0.15, 0.2) is 11.5 Å². The van der Waals surface area contributed by atoms with Crippen molar-refractivity contribution in [1.82, 2.24) is 4.90 Å². The lowest BCUT2D eigenvalue weighted by Gasteiger charge is -2.37. The first-order valence-corrected chi connectivity index (χ1v) is 13.9. The third kappa shape index (κ3) is 5.86. The smallest absolute Gasteiger partial charge is 0.265 e. The molecular weight excluding hydrogens is 541 g/mol. The minimum atomic E-state index is -4.31. The molecule has 0 aromatic heterocycles. The highest BCUT2D eigenvalue weighted by atomic mass is 32.2. The Morgan fingerprint density at radius 3 is 2.10 bits per heavy atom. The minimum absolute atomic E-state index is 0.104.